The minimum absolute atomic E-state index is 0.0858. The van der Waals surface area contributed by atoms with Crippen molar-refractivity contribution < 1.29 is 25.2 Å². The molecule has 0 aliphatic carbocycles. The van der Waals surface area contributed by atoms with Gasteiger partial charge in [0.25, 0.3) is 5.56 Å². The van der Waals surface area contributed by atoms with Crippen LogP contribution in [0.4, 0.5) is 0 Å². The van der Waals surface area contributed by atoms with Crippen LogP contribution < -0.4 is 11.2 Å². The number of rotatable bonds is 3. The molecule has 2 heterocycles. The standard InChI is InChI=1S/C10H14N2O7/c13-2-4-1-11-10(18)12(8(4)17)9-7(16)6(15)5(3-14)19-9/h1,5-7,9,13-16H,2-3H2,(H,11,18)/t5-,6+,7-,9?/m1/s1. The summed E-state index contributed by atoms with van der Waals surface area (Å²) in [5.74, 6) is 0. The van der Waals surface area contributed by atoms with Gasteiger partial charge in [-0.3, -0.25) is 4.79 Å². The van der Waals surface area contributed by atoms with Gasteiger partial charge in [-0.05, 0) is 0 Å². The molecule has 9 nitrogen and oxygen atoms in total. The highest BCUT2D eigenvalue weighted by Crippen LogP contribution is 2.27. The van der Waals surface area contributed by atoms with E-state index < -0.39 is 49.0 Å². The van der Waals surface area contributed by atoms with Crippen molar-refractivity contribution in [3.8, 4) is 0 Å². The molecule has 1 saturated heterocycles. The number of nitrogens with one attached hydrogen (secondary N) is 1. The summed E-state index contributed by atoms with van der Waals surface area (Å²) in [4.78, 5) is 25.8. The van der Waals surface area contributed by atoms with E-state index in [2.05, 4.69) is 4.98 Å². The monoisotopic (exact) mass is 274 g/mol. The van der Waals surface area contributed by atoms with Crippen molar-refractivity contribution in [2.45, 2.75) is 31.1 Å². The summed E-state index contributed by atoms with van der Waals surface area (Å²) < 4.78 is 5.66. The molecule has 0 spiro atoms. The predicted molar refractivity (Wildman–Crippen MR) is 60.3 cm³/mol. The normalized spacial score (nSPS) is 30.7. The Morgan fingerprint density at radius 3 is 2.47 bits per heavy atom. The Morgan fingerprint density at radius 2 is 1.95 bits per heavy atom. The minimum atomic E-state index is -1.54. The van der Waals surface area contributed by atoms with Crippen LogP contribution >= 0.6 is 0 Å². The first kappa shape index (κ1) is 13.9. The van der Waals surface area contributed by atoms with Gasteiger partial charge in [0.1, 0.15) is 18.3 Å². The van der Waals surface area contributed by atoms with Gasteiger partial charge in [0, 0.05) is 6.20 Å². The topological polar surface area (TPSA) is 145 Å². The molecule has 19 heavy (non-hydrogen) atoms. The molecule has 1 aromatic heterocycles. The molecule has 4 atom stereocenters. The molecular weight excluding hydrogens is 260 g/mol. The molecule has 1 aliphatic heterocycles. The maximum Gasteiger partial charge on any atom is 0.330 e. The van der Waals surface area contributed by atoms with Gasteiger partial charge in [0.05, 0.1) is 18.8 Å². The van der Waals surface area contributed by atoms with E-state index in [0.29, 0.717) is 4.57 Å². The molecule has 1 unspecified atom stereocenters. The van der Waals surface area contributed by atoms with Crippen LogP contribution in [0.25, 0.3) is 0 Å². The van der Waals surface area contributed by atoms with Crippen LogP contribution in [0.5, 0.6) is 0 Å². The van der Waals surface area contributed by atoms with Crippen molar-refractivity contribution >= 4 is 0 Å². The van der Waals surface area contributed by atoms with Gasteiger partial charge in [-0.25, -0.2) is 9.36 Å². The van der Waals surface area contributed by atoms with Gasteiger partial charge in [-0.1, -0.05) is 0 Å². The largest absolute Gasteiger partial charge is 0.394 e. The zero-order chi connectivity index (χ0) is 14.2. The third-order valence-electron chi connectivity index (χ3n) is 3.02. The fourth-order valence-electron chi connectivity index (χ4n) is 1.96. The lowest BCUT2D eigenvalue weighted by Crippen LogP contribution is -2.43. The second-order valence-electron chi connectivity index (χ2n) is 4.18. The summed E-state index contributed by atoms with van der Waals surface area (Å²) in [7, 11) is 0. The SMILES string of the molecule is O=c1[nH]cc(CO)c(=O)n1C1O[C@H](CO)[C@H](O)[C@H]1O. The van der Waals surface area contributed by atoms with Crippen LogP contribution in [0.3, 0.4) is 0 Å². The summed E-state index contributed by atoms with van der Waals surface area (Å²) in [6, 6.07) is 0. The molecule has 9 heteroatoms. The Bertz CT molecular complexity index is 566. The Kier molecular flexibility index (Phi) is 3.83. The van der Waals surface area contributed by atoms with E-state index in [1.54, 1.807) is 0 Å². The highest BCUT2D eigenvalue weighted by atomic mass is 16.6. The molecule has 2 rings (SSSR count). The average molecular weight is 274 g/mol. The molecule has 0 aromatic carbocycles. The third-order valence-corrected chi connectivity index (χ3v) is 3.02. The number of hydrogen-bond donors (Lipinski definition) is 5. The van der Waals surface area contributed by atoms with Gasteiger partial charge in [0.15, 0.2) is 6.23 Å². The summed E-state index contributed by atoms with van der Waals surface area (Å²) in [6.07, 6.45) is -4.41. The lowest BCUT2D eigenvalue weighted by molar-refractivity contribution is -0.0567. The van der Waals surface area contributed by atoms with Crippen molar-refractivity contribution in [1.82, 2.24) is 9.55 Å². The van der Waals surface area contributed by atoms with Crippen LogP contribution in [0.1, 0.15) is 11.8 Å². The van der Waals surface area contributed by atoms with E-state index in [1.165, 1.54) is 0 Å². The zero-order valence-electron chi connectivity index (χ0n) is 9.76. The van der Waals surface area contributed by atoms with Gasteiger partial charge in [-0.2, -0.15) is 0 Å². The van der Waals surface area contributed by atoms with Crippen molar-refractivity contribution in [2.75, 3.05) is 6.61 Å². The van der Waals surface area contributed by atoms with Crippen LogP contribution in [0.15, 0.2) is 15.8 Å². The molecule has 106 valence electrons. The summed E-state index contributed by atoms with van der Waals surface area (Å²) in [5, 5.41) is 37.3. The molecular formula is C10H14N2O7. The van der Waals surface area contributed by atoms with E-state index in [-0.39, 0.29) is 5.56 Å². The second kappa shape index (κ2) is 5.23. The Labute approximate surface area is 106 Å². The summed E-state index contributed by atoms with van der Waals surface area (Å²) >= 11 is 0. The number of hydrogen-bond acceptors (Lipinski definition) is 7. The number of aromatic nitrogens is 2. The third kappa shape index (κ3) is 2.22. The number of ether oxygens (including phenoxy) is 1. The van der Waals surface area contributed by atoms with E-state index in [4.69, 9.17) is 14.9 Å². The summed E-state index contributed by atoms with van der Waals surface area (Å²) in [6.45, 7) is -1.16. The van der Waals surface area contributed by atoms with Gasteiger partial charge < -0.3 is 30.1 Å². The maximum atomic E-state index is 11.9. The van der Waals surface area contributed by atoms with Crippen LogP contribution in [-0.2, 0) is 11.3 Å². The molecule has 0 bridgehead atoms. The number of H-pyrrole nitrogens is 1. The second-order valence-corrected chi connectivity index (χ2v) is 4.18. The molecule has 5 N–H and O–H groups in total. The lowest BCUT2D eigenvalue weighted by Gasteiger charge is -2.16. The van der Waals surface area contributed by atoms with Crippen molar-refractivity contribution in [3.63, 3.8) is 0 Å². The Balaban J connectivity index is 2.49. The first-order valence-electron chi connectivity index (χ1n) is 5.57. The minimum Gasteiger partial charge on any atom is -0.394 e. The van der Waals surface area contributed by atoms with Crippen molar-refractivity contribution in [3.05, 3.63) is 32.6 Å². The van der Waals surface area contributed by atoms with E-state index in [9.17, 15) is 19.8 Å². The van der Waals surface area contributed by atoms with Gasteiger partial charge in [-0.15, -0.1) is 0 Å². The lowest BCUT2D eigenvalue weighted by atomic mass is 10.1. The highest BCUT2D eigenvalue weighted by Gasteiger charge is 2.44. The first-order chi connectivity index (χ1) is 9.01. The average Bonchev–Trinajstić information content (AvgIpc) is 2.67. The van der Waals surface area contributed by atoms with Gasteiger partial charge >= 0.3 is 5.69 Å². The number of aliphatic hydroxyl groups excluding tert-OH is 4. The predicted octanol–water partition coefficient (Wildman–Crippen LogP) is -3.36. The highest BCUT2D eigenvalue weighted by molar-refractivity contribution is 5.04. The number of aromatic amines is 1. The fraction of sp³-hybridized carbons (Fsp3) is 0.600. The molecule has 0 radical (unpaired) electrons. The molecule has 1 aliphatic rings. The van der Waals surface area contributed by atoms with Crippen molar-refractivity contribution in [1.29, 1.82) is 0 Å². The molecule has 0 saturated carbocycles. The van der Waals surface area contributed by atoms with Crippen molar-refractivity contribution in [2.24, 2.45) is 0 Å². The fourth-order valence-corrected chi connectivity index (χ4v) is 1.96. The number of nitrogens with zero attached hydrogens (tertiary/aromatic N) is 1. The van der Waals surface area contributed by atoms with Crippen LogP contribution in [0, 0.1) is 0 Å². The Hall–Kier alpha value is -1.52. The van der Waals surface area contributed by atoms with Crippen LogP contribution in [-0.4, -0.2) is 54.9 Å². The maximum absolute atomic E-state index is 11.9. The smallest absolute Gasteiger partial charge is 0.330 e. The quantitative estimate of drug-likeness (QED) is 0.387. The molecule has 1 aromatic rings. The van der Waals surface area contributed by atoms with E-state index >= 15 is 0 Å². The zero-order valence-corrected chi connectivity index (χ0v) is 9.76. The van der Waals surface area contributed by atoms with E-state index in [1.807, 2.05) is 0 Å². The first-order valence-corrected chi connectivity index (χ1v) is 5.57. The summed E-state index contributed by atoms with van der Waals surface area (Å²) in [5.41, 5.74) is -1.77. The molecule has 1 fully saturated rings. The van der Waals surface area contributed by atoms with Gasteiger partial charge in [0.2, 0.25) is 0 Å². The molecule has 0 amide bonds. The van der Waals surface area contributed by atoms with E-state index in [0.717, 1.165) is 6.20 Å². The number of aliphatic hydroxyl groups is 4. The Morgan fingerprint density at radius 1 is 1.26 bits per heavy atom. The van der Waals surface area contributed by atoms with Crippen LogP contribution in [0.2, 0.25) is 0 Å².